The topological polar surface area (TPSA) is 58.6 Å². The first kappa shape index (κ1) is 22.1. The van der Waals surface area contributed by atoms with Gasteiger partial charge in [-0.2, -0.15) is 0 Å². The maximum absolute atomic E-state index is 13.0. The average molecular weight is 417 g/mol. The summed E-state index contributed by atoms with van der Waals surface area (Å²) in [6.45, 7) is 4.38. The molecular weight excluding hydrogens is 388 g/mol. The number of ether oxygens (including phenoxy) is 1. The first-order chi connectivity index (χ1) is 15.0. The number of carbonyl (C=O) groups is 2. The number of hydrogen-bond acceptors (Lipinski definition) is 3. The van der Waals surface area contributed by atoms with Gasteiger partial charge in [-0.25, -0.2) is 0 Å². The molecule has 0 radical (unpaired) electrons. The van der Waals surface area contributed by atoms with Crippen LogP contribution < -0.4 is 10.1 Å². The molecule has 0 bridgehead atoms. The van der Waals surface area contributed by atoms with E-state index in [1.54, 1.807) is 24.0 Å². The Morgan fingerprint density at radius 1 is 0.871 bits per heavy atom. The number of nitrogens with one attached hydrogen (secondary N) is 1. The number of aryl methyl sites for hydroxylation is 1. The predicted octanol–water partition coefficient (Wildman–Crippen LogP) is 4.11. The number of amides is 2. The van der Waals surface area contributed by atoms with E-state index < -0.39 is 6.04 Å². The molecule has 31 heavy (non-hydrogen) atoms. The molecule has 3 aromatic rings. The summed E-state index contributed by atoms with van der Waals surface area (Å²) in [6, 6.07) is 26.2. The molecule has 5 nitrogen and oxygen atoms in total. The van der Waals surface area contributed by atoms with Crippen LogP contribution in [0.5, 0.6) is 5.75 Å². The van der Waals surface area contributed by atoms with Crippen molar-refractivity contribution in [3.05, 3.63) is 102 Å². The number of hydrogen-bond donors (Lipinski definition) is 1. The van der Waals surface area contributed by atoms with E-state index in [1.807, 2.05) is 79.7 Å². The van der Waals surface area contributed by atoms with Crippen molar-refractivity contribution in [3.63, 3.8) is 0 Å². The van der Waals surface area contributed by atoms with Crippen LogP contribution in [-0.4, -0.2) is 29.4 Å². The first-order valence-electron chi connectivity index (χ1n) is 10.4. The van der Waals surface area contributed by atoms with Crippen LogP contribution in [0, 0.1) is 6.92 Å². The van der Waals surface area contributed by atoms with E-state index in [9.17, 15) is 9.59 Å². The standard InChI is InChI=1S/C26H28N2O3/c1-20-13-15-22(16-14-20)17-27-26(30)21(2)28(18-23-9-5-3-6-10-23)25(29)19-31-24-11-7-4-8-12-24/h3-16,21H,17-19H2,1-2H3,(H,27,30)/t21-/m0/s1. The van der Waals surface area contributed by atoms with Gasteiger partial charge in [0.05, 0.1) is 0 Å². The number of para-hydroxylation sites is 1. The summed E-state index contributed by atoms with van der Waals surface area (Å²) in [7, 11) is 0. The van der Waals surface area contributed by atoms with Crippen LogP contribution in [0.3, 0.4) is 0 Å². The maximum Gasteiger partial charge on any atom is 0.261 e. The Labute approximate surface area is 183 Å². The third kappa shape index (κ3) is 6.71. The predicted molar refractivity (Wildman–Crippen MR) is 121 cm³/mol. The molecule has 2 amide bonds. The number of rotatable bonds is 9. The van der Waals surface area contributed by atoms with Gasteiger partial charge in [0.2, 0.25) is 5.91 Å². The molecule has 0 saturated carbocycles. The summed E-state index contributed by atoms with van der Waals surface area (Å²) in [5.41, 5.74) is 3.13. The molecule has 0 aromatic heterocycles. The molecule has 1 N–H and O–H groups in total. The molecule has 0 unspecified atom stereocenters. The minimum absolute atomic E-state index is 0.133. The third-order valence-electron chi connectivity index (χ3n) is 5.06. The molecule has 0 saturated heterocycles. The van der Waals surface area contributed by atoms with E-state index in [2.05, 4.69) is 5.32 Å². The molecule has 5 heteroatoms. The lowest BCUT2D eigenvalue weighted by atomic mass is 10.1. The van der Waals surface area contributed by atoms with E-state index in [0.717, 1.165) is 11.1 Å². The smallest absolute Gasteiger partial charge is 0.261 e. The molecule has 3 rings (SSSR count). The fourth-order valence-corrected chi connectivity index (χ4v) is 3.15. The largest absolute Gasteiger partial charge is 0.484 e. The van der Waals surface area contributed by atoms with Crippen LogP contribution in [0.2, 0.25) is 0 Å². The Balaban J connectivity index is 1.66. The highest BCUT2D eigenvalue weighted by molar-refractivity contribution is 5.87. The normalized spacial score (nSPS) is 11.4. The number of carbonyl (C=O) groups excluding carboxylic acids is 2. The molecule has 3 aromatic carbocycles. The van der Waals surface area contributed by atoms with Gasteiger partial charge in [-0.05, 0) is 37.1 Å². The highest BCUT2D eigenvalue weighted by Gasteiger charge is 2.26. The van der Waals surface area contributed by atoms with E-state index in [-0.39, 0.29) is 18.4 Å². The van der Waals surface area contributed by atoms with Crippen LogP contribution in [0.4, 0.5) is 0 Å². The molecule has 0 aliphatic rings. The zero-order valence-electron chi connectivity index (χ0n) is 18.0. The minimum atomic E-state index is -0.641. The average Bonchev–Trinajstić information content (AvgIpc) is 2.81. The zero-order chi connectivity index (χ0) is 22.1. The van der Waals surface area contributed by atoms with Gasteiger partial charge in [0, 0.05) is 13.1 Å². The summed E-state index contributed by atoms with van der Waals surface area (Å²) in [5, 5.41) is 2.94. The van der Waals surface area contributed by atoms with Crippen molar-refractivity contribution >= 4 is 11.8 Å². The molecule has 0 spiro atoms. The van der Waals surface area contributed by atoms with Crippen LogP contribution in [0.25, 0.3) is 0 Å². The van der Waals surface area contributed by atoms with Gasteiger partial charge in [-0.15, -0.1) is 0 Å². The Bertz CT molecular complexity index is 973. The fraction of sp³-hybridized carbons (Fsp3) is 0.231. The second kappa shape index (κ2) is 11.0. The molecular formula is C26H28N2O3. The van der Waals surface area contributed by atoms with Gasteiger partial charge >= 0.3 is 0 Å². The van der Waals surface area contributed by atoms with Crippen LogP contribution >= 0.6 is 0 Å². The second-order valence-electron chi connectivity index (χ2n) is 7.49. The lowest BCUT2D eigenvalue weighted by molar-refractivity contribution is -0.142. The van der Waals surface area contributed by atoms with Gasteiger partial charge in [0.1, 0.15) is 11.8 Å². The molecule has 160 valence electrons. The highest BCUT2D eigenvalue weighted by atomic mass is 16.5. The monoisotopic (exact) mass is 416 g/mol. The van der Waals surface area contributed by atoms with Gasteiger partial charge in [0.15, 0.2) is 6.61 Å². The number of nitrogens with zero attached hydrogens (tertiary/aromatic N) is 1. The van der Waals surface area contributed by atoms with Crippen molar-refractivity contribution < 1.29 is 14.3 Å². The SMILES string of the molecule is Cc1ccc(CNC(=O)[C@H](C)N(Cc2ccccc2)C(=O)COc2ccccc2)cc1. The fourth-order valence-electron chi connectivity index (χ4n) is 3.15. The van der Waals surface area contributed by atoms with Gasteiger partial charge in [-0.1, -0.05) is 78.4 Å². The van der Waals surface area contributed by atoms with Crippen LogP contribution in [0.15, 0.2) is 84.9 Å². The van der Waals surface area contributed by atoms with Crippen molar-refractivity contribution in [2.75, 3.05) is 6.61 Å². The maximum atomic E-state index is 13.0. The minimum Gasteiger partial charge on any atom is -0.484 e. The van der Waals surface area contributed by atoms with E-state index in [4.69, 9.17) is 4.74 Å². The summed E-state index contributed by atoms with van der Waals surface area (Å²) in [4.78, 5) is 27.4. The van der Waals surface area contributed by atoms with E-state index in [1.165, 1.54) is 5.56 Å². The first-order valence-corrected chi connectivity index (χ1v) is 10.4. The summed E-state index contributed by atoms with van der Waals surface area (Å²) < 4.78 is 5.63. The molecule has 0 aliphatic carbocycles. The summed E-state index contributed by atoms with van der Waals surface area (Å²) >= 11 is 0. The van der Waals surface area contributed by atoms with Crippen molar-refractivity contribution in [2.45, 2.75) is 33.0 Å². The quantitative estimate of drug-likeness (QED) is 0.571. The molecule has 0 aliphatic heterocycles. The Morgan fingerprint density at radius 3 is 2.13 bits per heavy atom. The van der Waals surface area contributed by atoms with Crippen molar-refractivity contribution in [2.24, 2.45) is 0 Å². The van der Waals surface area contributed by atoms with Crippen molar-refractivity contribution in [3.8, 4) is 5.75 Å². The zero-order valence-corrected chi connectivity index (χ0v) is 18.0. The Morgan fingerprint density at radius 2 is 1.48 bits per heavy atom. The van der Waals surface area contributed by atoms with E-state index >= 15 is 0 Å². The lowest BCUT2D eigenvalue weighted by Crippen LogP contribution is -2.48. The van der Waals surface area contributed by atoms with Crippen molar-refractivity contribution in [1.82, 2.24) is 10.2 Å². The van der Waals surface area contributed by atoms with E-state index in [0.29, 0.717) is 18.8 Å². The molecule has 0 heterocycles. The summed E-state index contributed by atoms with van der Waals surface area (Å²) in [5.74, 6) is 0.169. The second-order valence-corrected chi connectivity index (χ2v) is 7.49. The van der Waals surface area contributed by atoms with Crippen molar-refractivity contribution in [1.29, 1.82) is 0 Å². The van der Waals surface area contributed by atoms with Gasteiger partial charge < -0.3 is 15.0 Å². The Kier molecular flexibility index (Phi) is 7.82. The van der Waals surface area contributed by atoms with Crippen LogP contribution in [0.1, 0.15) is 23.6 Å². The van der Waals surface area contributed by atoms with Crippen LogP contribution in [-0.2, 0) is 22.7 Å². The Hall–Kier alpha value is -3.60. The third-order valence-corrected chi connectivity index (χ3v) is 5.06. The number of benzene rings is 3. The van der Waals surface area contributed by atoms with Gasteiger partial charge in [0.25, 0.3) is 5.91 Å². The molecule has 1 atom stereocenters. The van der Waals surface area contributed by atoms with Gasteiger partial charge in [-0.3, -0.25) is 9.59 Å². The summed E-state index contributed by atoms with van der Waals surface area (Å²) in [6.07, 6.45) is 0. The molecule has 0 fully saturated rings. The lowest BCUT2D eigenvalue weighted by Gasteiger charge is -2.28. The highest BCUT2D eigenvalue weighted by Crippen LogP contribution is 2.13.